The Morgan fingerprint density at radius 2 is 2.27 bits per heavy atom. The molecule has 1 aromatic rings. The van der Waals surface area contributed by atoms with Crippen LogP contribution in [0.1, 0.15) is 30.5 Å². The summed E-state index contributed by atoms with van der Waals surface area (Å²) in [4.78, 5) is 16.4. The molecule has 2 rings (SSSR count). The Labute approximate surface area is 131 Å². The van der Waals surface area contributed by atoms with Gasteiger partial charge in [0.15, 0.2) is 0 Å². The SMILES string of the molecule is Cc1[nH]ncc1CNC(=O)N1CCC(N(C)CCCO)CC1. The Hall–Kier alpha value is -1.60. The molecule has 0 aliphatic carbocycles. The summed E-state index contributed by atoms with van der Waals surface area (Å²) in [6.45, 7) is 5.17. The summed E-state index contributed by atoms with van der Waals surface area (Å²) in [6.07, 6.45) is 4.53. The van der Waals surface area contributed by atoms with E-state index in [4.69, 9.17) is 5.11 Å². The number of rotatable bonds is 6. The lowest BCUT2D eigenvalue weighted by Gasteiger charge is -2.36. The van der Waals surface area contributed by atoms with Gasteiger partial charge in [-0.15, -0.1) is 0 Å². The normalized spacial score (nSPS) is 16.3. The number of likely N-dealkylation sites (tertiary alicyclic amines) is 1. The first-order valence-electron chi connectivity index (χ1n) is 7.94. The Morgan fingerprint density at radius 3 is 2.86 bits per heavy atom. The number of H-pyrrole nitrogens is 1. The van der Waals surface area contributed by atoms with E-state index in [2.05, 4.69) is 27.5 Å². The molecule has 1 saturated heterocycles. The van der Waals surface area contributed by atoms with Gasteiger partial charge in [-0.1, -0.05) is 0 Å². The molecule has 1 aromatic heterocycles. The fourth-order valence-electron chi connectivity index (χ4n) is 2.85. The average molecular weight is 309 g/mol. The molecule has 1 fully saturated rings. The number of nitrogens with one attached hydrogen (secondary N) is 2. The molecule has 0 aromatic carbocycles. The molecule has 2 amide bonds. The number of aromatic amines is 1. The van der Waals surface area contributed by atoms with Crippen LogP contribution >= 0.6 is 0 Å². The predicted molar refractivity (Wildman–Crippen MR) is 84.5 cm³/mol. The molecular weight excluding hydrogens is 282 g/mol. The van der Waals surface area contributed by atoms with Gasteiger partial charge in [-0.25, -0.2) is 4.79 Å². The number of carbonyl (C=O) groups excluding carboxylic acids is 1. The van der Waals surface area contributed by atoms with Crippen LogP contribution in [0.15, 0.2) is 6.20 Å². The molecule has 22 heavy (non-hydrogen) atoms. The molecule has 0 atom stereocenters. The number of aliphatic hydroxyl groups is 1. The Balaban J connectivity index is 1.72. The lowest BCUT2D eigenvalue weighted by atomic mass is 10.0. The van der Waals surface area contributed by atoms with Crippen LogP contribution in [0.25, 0.3) is 0 Å². The van der Waals surface area contributed by atoms with Crippen molar-refractivity contribution in [1.29, 1.82) is 0 Å². The molecule has 2 heterocycles. The number of aromatic nitrogens is 2. The van der Waals surface area contributed by atoms with Crippen molar-refractivity contribution in [3.63, 3.8) is 0 Å². The highest BCUT2D eigenvalue weighted by Crippen LogP contribution is 2.15. The first-order chi connectivity index (χ1) is 10.6. The van der Waals surface area contributed by atoms with Gasteiger partial charge in [0.1, 0.15) is 0 Å². The van der Waals surface area contributed by atoms with E-state index in [-0.39, 0.29) is 12.6 Å². The summed E-state index contributed by atoms with van der Waals surface area (Å²) in [5, 5.41) is 18.7. The van der Waals surface area contributed by atoms with Crippen molar-refractivity contribution in [1.82, 2.24) is 25.3 Å². The number of amides is 2. The molecule has 7 nitrogen and oxygen atoms in total. The topological polar surface area (TPSA) is 84.5 Å². The molecule has 1 aliphatic rings. The minimum atomic E-state index is -0.00272. The largest absolute Gasteiger partial charge is 0.396 e. The van der Waals surface area contributed by atoms with Gasteiger partial charge in [-0.3, -0.25) is 5.10 Å². The Kier molecular flexibility index (Phi) is 6.21. The molecule has 0 radical (unpaired) electrons. The van der Waals surface area contributed by atoms with E-state index < -0.39 is 0 Å². The number of nitrogens with zero attached hydrogens (tertiary/aromatic N) is 3. The van der Waals surface area contributed by atoms with E-state index in [0.717, 1.165) is 50.2 Å². The summed E-state index contributed by atoms with van der Waals surface area (Å²) in [6, 6.07) is 0.503. The van der Waals surface area contributed by atoms with Crippen LogP contribution in [0.5, 0.6) is 0 Å². The van der Waals surface area contributed by atoms with Crippen molar-refractivity contribution < 1.29 is 9.90 Å². The summed E-state index contributed by atoms with van der Waals surface area (Å²) in [5.74, 6) is 0. The molecule has 0 bridgehead atoms. The summed E-state index contributed by atoms with van der Waals surface area (Å²) >= 11 is 0. The van der Waals surface area contributed by atoms with E-state index >= 15 is 0 Å². The fraction of sp³-hybridized carbons (Fsp3) is 0.733. The zero-order valence-electron chi connectivity index (χ0n) is 13.5. The third-order valence-corrected chi connectivity index (χ3v) is 4.41. The van der Waals surface area contributed by atoms with Crippen LogP contribution in [0.3, 0.4) is 0 Å². The quantitative estimate of drug-likeness (QED) is 0.722. The van der Waals surface area contributed by atoms with E-state index in [1.165, 1.54) is 0 Å². The number of carbonyl (C=O) groups is 1. The highest BCUT2D eigenvalue weighted by atomic mass is 16.3. The highest BCUT2D eigenvalue weighted by Gasteiger charge is 2.24. The number of urea groups is 1. The lowest BCUT2D eigenvalue weighted by Crippen LogP contribution is -2.48. The average Bonchev–Trinajstić information content (AvgIpc) is 2.95. The number of hydrogen-bond donors (Lipinski definition) is 3. The third-order valence-electron chi connectivity index (χ3n) is 4.41. The van der Waals surface area contributed by atoms with Crippen LogP contribution in [-0.2, 0) is 6.54 Å². The fourth-order valence-corrected chi connectivity index (χ4v) is 2.85. The molecule has 0 unspecified atom stereocenters. The molecular formula is C15H27N5O2. The van der Waals surface area contributed by atoms with Crippen LogP contribution in [0.4, 0.5) is 4.79 Å². The van der Waals surface area contributed by atoms with Gasteiger partial charge >= 0.3 is 6.03 Å². The van der Waals surface area contributed by atoms with Gasteiger partial charge in [0.2, 0.25) is 0 Å². The van der Waals surface area contributed by atoms with Gasteiger partial charge < -0.3 is 20.2 Å². The molecule has 3 N–H and O–H groups in total. The van der Waals surface area contributed by atoms with Gasteiger partial charge in [-0.2, -0.15) is 5.10 Å². The minimum Gasteiger partial charge on any atom is -0.396 e. The zero-order valence-corrected chi connectivity index (χ0v) is 13.5. The smallest absolute Gasteiger partial charge is 0.317 e. The van der Waals surface area contributed by atoms with Crippen LogP contribution < -0.4 is 5.32 Å². The minimum absolute atomic E-state index is 0.00272. The number of hydrogen-bond acceptors (Lipinski definition) is 4. The zero-order chi connectivity index (χ0) is 15.9. The maximum Gasteiger partial charge on any atom is 0.317 e. The number of aliphatic hydroxyl groups excluding tert-OH is 1. The van der Waals surface area contributed by atoms with Crippen molar-refractivity contribution in [2.75, 3.05) is 33.3 Å². The van der Waals surface area contributed by atoms with Crippen LogP contribution in [0, 0.1) is 6.92 Å². The lowest BCUT2D eigenvalue weighted by molar-refractivity contribution is 0.128. The maximum absolute atomic E-state index is 12.2. The van der Waals surface area contributed by atoms with Crippen molar-refractivity contribution in [3.8, 4) is 0 Å². The number of aryl methyl sites for hydroxylation is 1. The molecule has 7 heteroatoms. The molecule has 1 aliphatic heterocycles. The standard InChI is InChI=1S/C15H27N5O2/c1-12-13(11-17-18-12)10-16-15(22)20-7-4-14(5-8-20)19(2)6-3-9-21/h11,14,21H,3-10H2,1-2H3,(H,16,22)(H,17,18). The van der Waals surface area contributed by atoms with E-state index in [1.54, 1.807) is 6.20 Å². The second-order valence-corrected chi connectivity index (χ2v) is 5.95. The Bertz CT molecular complexity index is 468. The second-order valence-electron chi connectivity index (χ2n) is 5.95. The maximum atomic E-state index is 12.2. The summed E-state index contributed by atoms with van der Waals surface area (Å²) in [5.41, 5.74) is 2.01. The summed E-state index contributed by atoms with van der Waals surface area (Å²) in [7, 11) is 2.09. The van der Waals surface area contributed by atoms with Crippen LogP contribution in [-0.4, -0.2) is 70.5 Å². The Morgan fingerprint density at radius 1 is 1.55 bits per heavy atom. The van der Waals surface area contributed by atoms with Crippen molar-refractivity contribution in [2.24, 2.45) is 0 Å². The molecule has 0 spiro atoms. The first kappa shape index (κ1) is 16.8. The number of piperidine rings is 1. The van der Waals surface area contributed by atoms with Crippen molar-refractivity contribution in [2.45, 2.75) is 38.8 Å². The summed E-state index contributed by atoms with van der Waals surface area (Å²) < 4.78 is 0. The molecule has 124 valence electrons. The highest BCUT2D eigenvalue weighted by molar-refractivity contribution is 5.74. The first-order valence-corrected chi connectivity index (χ1v) is 7.94. The van der Waals surface area contributed by atoms with Gasteiger partial charge in [0.25, 0.3) is 0 Å². The van der Waals surface area contributed by atoms with Gasteiger partial charge in [-0.05, 0) is 33.2 Å². The van der Waals surface area contributed by atoms with E-state index in [1.807, 2.05) is 11.8 Å². The van der Waals surface area contributed by atoms with Crippen LogP contribution in [0.2, 0.25) is 0 Å². The second kappa shape index (κ2) is 8.14. The van der Waals surface area contributed by atoms with E-state index in [9.17, 15) is 4.79 Å². The van der Waals surface area contributed by atoms with Gasteiger partial charge in [0.05, 0.1) is 6.20 Å². The third kappa shape index (κ3) is 4.45. The molecule has 0 saturated carbocycles. The predicted octanol–water partition coefficient (Wildman–Crippen LogP) is 0.706. The van der Waals surface area contributed by atoms with Crippen molar-refractivity contribution >= 4 is 6.03 Å². The van der Waals surface area contributed by atoms with Gasteiger partial charge in [0, 0.05) is 50.1 Å². The van der Waals surface area contributed by atoms with Crippen molar-refractivity contribution in [3.05, 3.63) is 17.5 Å². The monoisotopic (exact) mass is 309 g/mol. The van der Waals surface area contributed by atoms with E-state index in [0.29, 0.717) is 12.6 Å².